The van der Waals surface area contributed by atoms with Gasteiger partial charge in [-0.2, -0.15) is 13.2 Å². The molecule has 2 amide bonds. The number of nitrogens with two attached hydrogens (primary N) is 1. The molecule has 0 spiro atoms. The fraction of sp³-hybridized carbons (Fsp3) is 0.526. The molecule has 1 heterocycles. The summed E-state index contributed by atoms with van der Waals surface area (Å²) < 4.78 is 39.5. The van der Waals surface area contributed by atoms with Crippen LogP contribution in [0.25, 0.3) is 0 Å². The van der Waals surface area contributed by atoms with Gasteiger partial charge < -0.3 is 11.1 Å². The number of rotatable bonds is 5. The van der Waals surface area contributed by atoms with E-state index in [1.165, 1.54) is 6.07 Å². The summed E-state index contributed by atoms with van der Waals surface area (Å²) in [5.41, 5.74) is 3.40. The molecule has 2 atom stereocenters. The molecular weight excluding hydrogens is 373 g/mol. The molecule has 0 aromatic heterocycles. The SMILES string of the molecule is CCC[C@]1(c2cccc(NC(=O)C3(C(F)(F)F)CC3)c2)N=C(N)NC(=O)C1C. The van der Waals surface area contributed by atoms with Crippen LogP contribution in [0.15, 0.2) is 29.3 Å². The second kappa shape index (κ2) is 6.79. The van der Waals surface area contributed by atoms with Gasteiger partial charge in [0.1, 0.15) is 11.0 Å². The van der Waals surface area contributed by atoms with Crippen LogP contribution in [0.1, 0.15) is 45.1 Å². The summed E-state index contributed by atoms with van der Waals surface area (Å²) in [6.45, 7) is 3.67. The first kappa shape index (κ1) is 20.2. The van der Waals surface area contributed by atoms with Crippen molar-refractivity contribution in [1.82, 2.24) is 5.32 Å². The lowest BCUT2D eigenvalue weighted by atomic mass is 9.75. The van der Waals surface area contributed by atoms with Crippen molar-refractivity contribution in [3.63, 3.8) is 0 Å². The number of benzene rings is 1. The summed E-state index contributed by atoms with van der Waals surface area (Å²) >= 11 is 0. The number of carbonyl (C=O) groups excluding carboxylic acids is 2. The molecule has 4 N–H and O–H groups in total. The maximum atomic E-state index is 13.2. The average molecular weight is 396 g/mol. The number of hydrogen-bond acceptors (Lipinski definition) is 4. The Morgan fingerprint density at radius 3 is 2.64 bits per heavy atom. The van der Waals surface area contributed by atoms with Gasteiger partial charge in [0.15, 0.2) is 5.96 Å². The van der Waals surface area contributed by atoms with E-state index in [0.29, 0.717) is 18.4 Å². The molecule has 1 fully saturated rings. The minimum atomic E-state index is -4.58. The number of anilines is 1. The zero-order valence-corrected chi connectivity index (χ0v) is 15.7. The van der Waals surface area contributed by atoms with Crippen molar-refractivity contribution >= 4 is 23.5 Å². The van der Waals surface area contributed by atoms with Crippen molar-refractivity contribution < 1.29 is 22.8 Å². The largest absolute Gasteiger partial charge is 0.403 e. The minimum Gasteiger partial charge on any atom is -0.370 e. The van der Waals surface area contributed by atoms with Gasteiger partial charge in [-0.05, 0) is 37.0 Å². The maximum Gasteiger partial charge on any atom is 0.403 e. The molecular formula is C19H23F3N4O2. The normalized spacial score (nSPS) is 26.2. The average Bonchev–Trinajstić information content (AvgIpc) is 3.41. The highest BCUT2D eigenvalue weighted by Crippen LogP contribution is 2.58. The zero-order chi connectivity index (χ0) is 20.7. The zero-order valence-electron chi connectivity index (χ0n) is 15.7. The molecule has 0 bridgehead atoms. The topological polar surface area (TPSA) is 96.6 Å². The molecule has 1 unspecified atom stereocenters. The monoisotopic (exact) mass is 396 g/mol. The predicted molar refractivity (Wildman–Crippen MR) is 98.3 cm³/mol. The van der Waals surface area contributed by atoms with Crippen LogP contribution < -0.4 is 16.4 Å². The Kier molecular flexibility index (Phi) is 4.89. The van der Waals surface area contributed by atoms with Crippen molar-refractivity contribution in [3.05, 3.63) is 29.8 Å². The smallest absolute Gasteiger partial charge is 0.370 e. The van der Waals surface area contributed by atoms with Crippen LogP contribution in [0.5, 0.6) is 0 Å². The van der Waals surface area contributed by atoms with E-state index >= 15 is 0 Å². The number of amides is 2. The number of guanidine groups is 1. The van der Waals surface area contributed by atoms with Gasteiger partial charge >= 0.3 is 6.18 Å². The number of carbonyl (C=O) groups is 2. The highest BCUT2D eigenvalue weighted by molar-refractivity contribution is 6.00. The van der Waals surface area contributed by atoms with Crippen LogP contribution >= 0.6 is 0 Å². The van der Waals surface area contributed by atoms with E-state index in [-0.39, 0.29) is 30.4 Å². The summed E-state index contributed by atoms with van der Waals surface area (Å²) in [6.07, 6.45) is -3.76. The van der Waals surface area contributed by atoms with Crippen LogP contribution in [0.2, 0.25) is 0 Å². The number of nitrogens with one attached hydrogen (secondary N) is 2. The van der Waals surface area contributed by atoms with E-state index in [2.05, 4.69) is 15.6 Å². The second-order valence-corrected chi connectivity index (χ2v) is 7.50. The molecule has 9 heteroatoms. The lowest BCUT2D eigenvalue weighted by molar-refractivity contribution is -0.189. The summed E-state index contributed by atoms with van der Waals surface area (Å²) in [4.78, 5) is 29.1. The van der Waals surface area contributed by atoms with Crippen molar-refractivity contribution in [2.75, 3.05) is 5.32 Å². The van der Waals surface area contributed by atoms with Gasteiger partial charge in [-0.1, -0.05) is 32.4 Å². The van der Waals surface area contributed by atoms with Gasteiger partial charge in [0.25, 0.3) is 0 Å². The Morgan fingerprint density at radius 2 is 2.07 bits per heavy atom. The third-order valence-corrected chi connectivity index (χ3v) is 5.66. The lowest BCUT2D eigenvalue weighted by Gasteiger charge is -2.38. The Hall–Kier alpha value is -2.58. The van der Waals surface area contributed by atoms with E-state index in [9.17, 15) is 22.8 Å². The van der Waals surface area contributed by atoms with Crippen LogP contribution in [0, 0.1) is 11.3 Å². The maximum absolute atomic E-state index is 13.2. The number of nitrogens with zero attached hydrogens (tertiary/aromatic N) is 1. The Balaban J connectivity index is 1.95. The Morgan fingerprint density at radius 1 is 1.39 bits per heavy atom. The van der Waals surface area contributed by atoms with E-state index in [1.807, 2.05) is 6.92 Å². The predicted octanol–water partition coefficient (Wildman–Crippen LogP) is 3.04. The molecule has 0 radical (unpaired) electrons. The van der Waals surface area contributed by atoms with Crippen molar-refractivity contribution in [3.8, 4) is 0 Å². The molecule has 152 valence electrons. The van der Waals surface area contributed by atoms with Crippen LogP contribution in [-0.2, 0) is 15.1 Å². The number of alkyl halides is 3. The molecule has 3 rings (SSSR count). The van der Waals surface area contributed by atoms with E-state index in [4.69, 9.17) is 5.73 Å². The number of hydrogen-bond donors (Lipinski definition) is 3. The molecule has 0 saturated heterocycles. The van der Waals surface area contributed by atoms with E-state index in [1.54, 1.807) is 25.1 Å². The molecule has 1 aliphatic heterocycles. The Bertz CT molecular complexity index is 833. The minimum absolute atomic E-state index is 0.00000613. The van der Waals surface area contributed by atoms with Crippen molar-refractivity contribution in [2.45, 2.75) is 51.2 Å². The highest BCUT2D eigenvalue weighted by atomic mass is 19.4. The molecule has 28 heavy (non-hydrogen) atoms. The molecule has 6 nitrogen and oxygen atoms in total. The van der Waals surface area contributed by atoms with Crippen LogP contribution in [0.4, 0.5) is 18.9 Å². The fourth-order valence-corrected chi connectivity index (χ4v) is 3.78. The van der Waals surface area contributed by atoms with Gasteiger partial charge in [0, 0.05) is 5.69 Å². The first-order chi connectivity index (χ1) is 13.1. The van der Waals surface area contributed by atoms with Crippen LogP contribution in [-0.4, -0.2) is 24.0 Å². The molecule has 1 aromatic rings. The summed E-state index contributed by atoms with van der Waals surface area (Å²) in [6, 6.07) is 6.47. The van der Waals surface area contributed by atoms with E-state index in [0.717, 1.165) is 0 Å². The highest BCUT2D eigenvalue weighted by Gasteiger charge is 2.68. The van der Waals surface area contributed by atoms with Gasteiger partial charge in [-0.25, -0.2) is 4.99 Å². The van der Waals surface area contributed by atoms with Crippen molar-refractivity contribution in [1.29, 1.82) is 0 Å². The van der Waals surface area contributed by atoms with Gasteiger partial charge in [0.05, 0.1) is 5.92 Å². The number of aliphatic imine (C=N–C) groups is 1. The van der Waals surface area contributed by atoms with Gasteiger partial charge in [-0.15, -0.1) is 0 Å². The fourth-order valence-electron chi connectivity index (χ4n) is 3.78. The lowest BCUT2D eigenvalue weighted by Crippen LogP contribution is -2.53. The van der Waals surface area contributed by atoms with Gasteiger partial charge in [0.2, 0.25) is 11.8 Å². The molecule has 2 aliphatic rings. The molecule has 1 aliphatic carbocycles. The standard InChI is InChI=1S/C19H23F3N4O2/c1-3-7-18(11(2)14(27)25-16(23)26-18)12-5-4-6-13(10-12)24-15(28)17(8-9-17)19(20,21)22/h4-6,10-11H,3,7-9H2,1-2H3,(H,24,28)(H3,23,25,26,27)/t11?,18-/m0/s1. The molecule has 1 aromatic carbocycles. The second-order valence-electron chi connectivity index (χ2n) is 7.50. The first-order valence-corrected chi connectivity index (χ1v) is 9.20. The number of halogens is 3. The first-order valence-electron chi connectivity index (χ1n) is 9.20. The Labute approximate surface area is 160 Å². The summed E-state index contributed by atoms with van der Waals surface area (Å²) in [5, 5.41) is 4.89. The van der Waals surface area contributed by atoms with Gasteiger partial charge in [-0.3, -0.25) is 14.9 Å². The third-order valence-electron chi connectivity index (χ3n) is 5.66. The molecule has 1 saturated carbocycles. The summed E-state index contributed by atoms with van der Waals surface area (Å²) in [7, 11) is 0. The van der Waals surface area contributed by atoms with Crippen molar-refractivity contribution in [2.24, 2.45) is 22.1 Å². The summed E-state index contributed by atoms with van der Waals surface area (Å²) in [5.74, 6) is -1.86. The quantitative estimate of drug-likeness (QED) is 0.714. The van der Waals surface area contributed by atoms with E-state index < -0.39 is 29.0 Å². The third kappa shape index (κ3) is 3.22. The van der Waals surface area contributed by atoms with Crippen LogP contribution in [0.3, 0.4) is 0 Å².